The monoisotopic (exact) mass is 421 g/mol. The third-order valence-corrected chi connectivity index (χ3v) is 7.03. The Morgan fingerprint density at radius 3 is 2.00 bits per heavy atom. The van der Waals surface area contributed by atoms with Crippen molar-refractivity contribution in [2.24, 2.45) is 0 Å². The van der Waals surface area contributed by atoms with Gasteiger partial charge in [-0.1, -0.05) is 12.1 Å². The lowest BCUT2D eigenvalue weighted by Crippen LogP contribution is -2.57. The molecule has 0 bridgehead atoms. The van der Waals surface area contributed by atoms with Crippen molar-refractivity contribution in [3.63, 3.8) is 0 Å². The molecule has 0 aromatic heterocycles. The molecule has 2 atom stereocenters. The first-order valence-corrected chi connectivity index (χ1v) is 10.7. The van der Waals surface area contributed by atoms with E-state index in [0.717, 1.165) is 17.7 Å². The molecule has 1 aromatic carbocycles. The molecule has 28 heavy (non-hydrogen) atoms. The number of hydrogen-bond acceptors (Lipinski definition) is 4. The van der Waals surface area contributed by atoms with Crippen LogP contribution in [0.3, 0.4) is 0 Å². The lowest BCUT2D eigenvalue weighted by Gasteiger charge is -2.40. The van der Waals surface area contributed by atoms with E-state index >= 15 is 0 Å². The van der Waals surface area contributed by atoms with Crippen LogP contribution < -0.4 is 0 Å². The third-order valence-electron chi connectivity index (χ3n) is 5.06. The van der Waals surface area contributed by atoms with Gasteiger partial charge >= 0.3 is 6.18 Å². The number of nitrogens with zero attached hydrogens (tertiary/aromatic N) is 3. The molecule has 2 heterocycles. The molecule has 1 aromatic rings. The smallest absolute Gasteiger partial charge is 0.373 e. The van der Waals surface area contributed by atoms with Gasteiger partial charge in [0.2, 0.25) is 0 Å². The minimum absolute atomic E-state index is 0.139. The highest BCUT2D eigenvalue weighted by atomic mass is 32.2. The molecule has 0 radical (unpaired) electrons. The van der Waals surface area contributed by atoms with Crippen molar-refractivity contribution in [3.8, 4) is 0 Å². The molecule has 0 aliphatic carbocycles. The minimum Gasteiger partial charge on any atom is -0.373 e. The summed E-state index contributed by atoms with van der Waals surface area (Å²) in [5.41, 5.74) is 0.112. The van der Waals surface area contributed by atoms with Crippen LogP contribution in [-0.4, -0.2) is 73.4 Å². The molecule has 2 saturated heterocycles. The van der Waals surface area contributed by atoms with Gasteiger partial charge in [0.15, 0.2) is 0 Å². The van der Waals surface area contributed by atoms with Gasteiger partial charge in [-0.05, 0) is 31.5 Å². The molecule has 0 saturated carbocycles. The number of rotatable bonds is 4. The predicted molar refractivity (Wildman–Crippen MR) is 98.8 cm³/mol. The normalized spacial score (nSPS) is 26.5. The van der Waals surface area contributed by atoms with Crippen LogP contribution >= 0.6 is 0 Å². The average Bonchev–Trinajstić information content (AvgIpc) is 2.61. The Hall–Kier alpha value is -1.20. The summed E-state index contributed by atoms with van der Waals surface area (Å²) >= 11 is 0. The van der Waals surface area contributed by atoms with Crippen LogP contribution in [0.15, 0.2) is 24.3 Å². The highest BCUT2D eigenvalue weighted by Gasteiger charge is 2.36. The number of halogens is 3. The Labute approximate surface area is 164 Å². The van der Waals surface area contributed by atoms with E-state index in [4.69, 9.17) is 4.74 Å². The van der Waals surface area contributed by atoms with Crippen LogP contribution in [0, 0.1) is 0 Å². The van der Waals surface area contributed by atoms with Gasteiger partial charge in [-0.2, -0.15) is 30.2 Å². The molecule has 0 N–H and O–H groups in total. The Balaban J connectivity index is 1.55. The molecule has 2 fully saturated rings. The number of ether oxygens (including phenoxy) is 1. The summed E-state index contributed by atoms with van der Waals surface area (Å²) in [5.74, 6) is 0. The zero-order valence-corrected chi connectivity index (χ0v) is 16.8. The van der Waals surface area contributed by atoms with E-state index in [0.29, 0.717) is 45.8 Å². The zero-order chi connectivity index (χ0) is 20.5. The molecule has 2 aliphatic rings. The maximum absolute atomic E-state index is 12.9. The fourth-order valence-corrected chi connectivity index (χ4v) is 5.41. The van der Waals surface area contributed by atoms with E-state index in [1.165, 1.54) is 20.7 Å². The minimum atomic E-state index is -4.34. The average molecular weight is 421 g/mol. The Morgan fingerprint density at radius 1 is 0.964 bits per heavy atom. The van der Waals surface area contributed by atoms with Gasteiger partial charge in [-0.25, -0.2) is 0 Å². The van der Waals surface area contributed by atoms with E-state index in [-0.39, 0.29) is 12.2 Å². The molecule has 10 heteroatoms. The van der Waals surface area contributed by atoms with Gasteiger partial charge in [0.25, 0.3) is 10.2 Å². The summed E-state index contributed by atoms with van der Waals surface area (Å²) in [6, 6.07) is 5.11. The van der Waals surface area contributed by atoms with Gasteiger partial charge in [0.05, 0.1) is 17.8 Å². The number of morpholine rings is 1. The summed E-state index contributed by atoms with van der Waals surface area (Å²) in [7, 11) is -3.53. The van der Waals surface area contributed by atoms with Gasteiger partial charge < -0.3 is 4.74 Å². The predicted octanol–water partition coefficient (Wildman–Crippen LogP) is 2.18. The second kappa shape index (κ2) is 8.27. The second-order valence-electron chi connectivity index (χ2n) is 7.45. The van der Waals surface area contributed by atoms with E-state index in [2.05, 4.69) is 4.90 Å². The lowest BCUT2D eigenvalue weighted by molar-refractivity contribution is -0.137. The first kappa shape index (κ1) is 21.5. The van der Waals surface area contributed by atoms with Crippen LogP contribution in [0.1, 0.15) is 25.0 Å². The SMILES string of the molecule is CC1CN(S(=O)(=O)N2CCN(Cc3ccc(C(F)(F)F)cc3)CC2)CC(C)O1. The molecular formula is C18H26F3N3O3S. The summed E-state index contributed by atoms with van der Waals surface area (Å²) < 4.78 is 72.3. The highest BCUT2D eigenvalue weighted by Crippen LogP contribution is 2.29. The number of piperazine rings is 1. The molecule has 0 spiro atoms. The van der Waals surface area contributed by atoms with Crippen molar-refractivity contribution in [2.45, 2.75) is 38.8 Å². The maximum atomic E-state index is 12.9. The van der Waals surface area contributed by atoms with Crippen molar-refractivity contribution < 1.29 is 26.3 Å². The maximum Gasteiger partial charge on any atom is 0.416 e. The highest BCUT2D eigenvalue weighted by molar-refractivity contribution is 7.86. The molecular weight excluding hydrogens is 395 g/mol. The fourth-order valence-electron chi connectivity index (χ4n) is 3.66. The number of benzene rings is 1. The zero-order valence-electron chi connectivity index (χ0n) is 16.0. The molecule has 158 valence electrons. The van der Waals surface area contributed by atoms with E-state index in [1.807, 2.05) is 13.8 Å². The second-order valence-corrected chi connectivity index (χ2v) is 9.38. The summed E-state index contributed by atoms with van der Waals surface area (Å²) in [5, 5.41) is 0. The summed E-state index contributed by atoms with van der Waals surface area (Å²) in [6.45, 7) is 6.71. The molecule has 3 rings (SSSR count). The topological polar surface area (TPSA) is 53.1 Å². The van der Waals surface area contributed by atoms with Crippen molar-refractivity contribution >= 4 is 10.2 Å². The Morgan fingerprint density at radius 2 is 1.50 bits per heavy atom. The summed E-state index contributed by atoms with van der Waals surface area (Å²) in [4.78, 5) is 2.05. The lowest BCUT2D eigenvalue weighted by atomic mass is 10.1. The number of hydrogen-bond donors (Lipinski definition) is 0. The Kier molecular flexibility index (Phi) is 6.35. The largest absolute Gasteiger partial charge is 0.416 e. The summed E-state index contributed by atoms with van der Waals surface area (Å²) in [6.07, 6.45) is -4.62. The van der Waals surface area contributed by atoms with E-state index in [1.54, 1.807) is 0 Å². The van der Waals surface area contributed by atoms with E-state index < -0.39 is 21.9 Å². The number of alkyl halides is 3. The third kappa shape index (κ3) is 5.04. The van der Waals surface area contributed by atoms with Crippen molar-refractivity contribution in [1.29, 1.82) is 0 Å². The van der Waals surface area contributed by atoms with Crippen LogP contribution in [-0.2, 0) is 27.7 Å². The molecule has 0 amide bonds. The first-order valence-electron chi connectivity index (χ1n) is 9.35. The van der Waals surface area contributed by atoms with Crippen molar-refractivity contribution in [2.75, 3.05) is 39.3 Å². The van der Waals surface area contributed by atoms with Gasteiger partial charge in [-0.3, -0.25) is 4.90 Å². The van der Waals surface area contributed by atoms with Crippen LogP contribution in [0.2, 0.25) is 0 Å². The first-order chi connectivity index (χ1) is 13.1. The van der Waals surface area contributed by atoms with E-state index in [9.17, 15) is 21.6 Å². The molecule has 2 aliphatic heterocycles. The molecule has 6 nitrogen and oxygen atoms in total. The fraction of sp³-hybridized carbons (Fsp3) is 0.667. The van der Waals surface area contributed by atoms with Gasteiger partial charge in [0.1, 0.15) is 0 Å². The quantitative estimate of drug-likeness (QED) is 0.748. The van der Waals surface area contributed by atoms with Crippen molar-refractivity contribution in [3.05, 3.63) is 35.4 Å². The van der Waals surface area contributed by atoms with Crippen LogP contribution in [0.4, 0.5) is 13.2 Å². The standard InChI is InChI=1S/C18H26F3N3O3S/c1-14-11-24(12-15(2)27-14)28(25,26)23-9-7-22(8-10-23)13-16-3-5-17(6-4-16)18(19,20)21/h3-6,14-15H,7-13H2,1-2H3. The van der Waals surface area contributed by atoms with Gasteiger partial charge in [-0.15, -0.1) is 0 Å². The molecule has 2 unspecified atom stereocenters. The van der Waals surface area contributed by atoms with Crippen molar-refractivity contribution in [1.82, 2.24) is 13.5 Å². The Bertz CT molecular complexity index is 753. The van der Waals surface area contributed by atoms with Crippen LogP contribution in [0.5, 0.6) is 0 Å². The van der Waals surface area contributed by atoms with Crippen LogP contribution in [0.25, 0.3) is 0 Å². The van der Waals surface area contributed by atoms with Gasteiger partial charge in [0, 0.05) is 45.8 Å².